The molecule has 140 valence electrons. The number of carbonyl (C=O) groups excluding carboxylic acids is 1. The van der Waals surface area contributed by atoms with Gasteiger partial charge in [-0.1, -0.05) is 12.1 Å². The van der Waals surface area contributed by atoms with Crippen molar-refractivity contribution in [2.75, 3.05) is 26.2 Å². The van der Waals surface area contributed by atoms with Gasteiger partial charge in [-0.15, -0.1) is 0 Å². The van der Waals surface area contributed by atoms with Crippen molar-refractivity contribution in [3.8, 4) is 5.75 Å². The van der Waals surface area contributed by atoms with E-state index in [-0.39, 0.29) is 5.75 Å². The van der Waals surface area contributed by atoms with E-state index in [2.05, 4.69) is 20.9 Å². The van der Waals surface area contributed by atoms with Gasteiger partial charge in [0.05, 0.1) is 0 Å². The summed E-state index contributed by atoms with van der Waals surface area (Å²) < 4.78 is 5.17. The number of hydrogen-bond acceptors (Lipinski definition) is 4. The molecule has 0 aliphatic rings. The molecule has 7 nitrogen and oxygen atoms in total. The first-order valence-corrected chi connectivity index (χ1v) is 8.57. The van der Waals surface area contributed by atoms with Crippen LogP contribution in [-0.2, 0) is 11.2 Å². The van der Waals surface area contributed by atoms with E-state index in [1.807, 2.05) is 39.8 Å². The molecule has 1 aromatic rings. The number of aromatic hydroxyl groups is 1. The molecule has 0 unspecified atom stereocenters. The third-order valence-corrected chi connectivity index (χ3v) is 3.01. The fourth-order valence-electron chi connectivity index (χ4n) is 2.01. The quantitative estimate of drug-likeness (QED) is 0.343. The van der Waals surface area contributed by atoms with E-state index in [9.17, 15) is 9.90 Å². The highest BCUT2D eigenvalue weighted by Gasteiger charge is 2.15. The summed E-state index contributed by atoms with van der Waals surface area (Å²) in [5, 5.41) is 18.5. The Morgan fingerprint density at radius 1 is 1.20 bits per heavy atom. The molecule has 1 rings (SSSR count). The van der Waals surface area contributed by atoms with Gasteiger partial charge in [0.2, 0.25) is 0 Å². The minimum absolute atomic E-state index is 0.264. The van der Waals surface area contributed by atoms with Gasteiger partial charge in [-0.3, -0.25) is 4.99 Å². The Morgan fingerprint density at radius 2 is 1.92 bits per heavy atom. The van der Waals surface area contributed by atoms with Crippen LogP contribution in [-0.4, -0.2) is 48.9 Å². The molecule has 0 fully saturated rings. The second kappa shape index (κ2) is 10.4. The Labute approximate surface area is 149 Å². The van der Waals surface area contributed by atoms with Crippen molar-refractivity contribution in [2.45, 2.75) is 39.7 Å². The molecule has 25 heavy (non-hydrogen) atoms. The van der Waals surface area contributed by atoms with Gasteiger partial charge in [0, 0.05) is 26.2 Å². The summed E-state index contributed by atoms with van der Waals surface area (Å²) in [5.41, 5.74) is 0.533. The second-order valence-electron chi connectivity index (χ2n) is 6.54. The van der Waals surface area contributed by atoms with Gasteiger partial charge in [0.1, 0.15) is 11.4 Å². The summed E-state index contributed by atoms with van der Waals surface area (Å²) >= 11 is 0. The average molecular weight is 350 g/mol. The Bertz CT molecular complexity index is 568. The zero-order valence-electron chi connectivity index (χ0n) is 15.6. The molecule has 0 aliphatic heterocycles. The molecule has 0 spiro atoms. The van der Waals surface area contributed by atoms with Crippen LogP contribution < -0.4 is 16.0 Å². The van der Waals surface area contributed by atoms with Crippen LogP contribution in [0.15, 0.2) is 29.3 Å². The number of rotatable bonds is 7. The van der Waals surface area contributed by atoms with Gasteiger partial charge < -0.3 is 25.8 Å². The number of hydrogen-bond donors (Lipinski definition) is 4. The van der Waals surface area contributed by atoms with Crippen LogP contribution >= 0.6 is 0 Å². The lowest BCUT2D eigenvalue weighted by Crippen LogP contribution is -2.42. The summed E-state index contributed by atoms with van der Waals surface area (Å²) in [4.78, 5) is 16.0. The number of amides is 1. The predicted molar refractivity (Wildman–Crippen MR) is 100 cm³/mol. The molecule has 0 aromatic heterocycles. The largest absolute Gasteiger partial charge is 0.508 e. The SMILES string of the molecule is CCNC(=NCCc1cccc(O)c1)NCCNC(=O)OC(C)(C)C. The topological polar surface area (TPSA) is 95.0 Å². The second-order valence-corrected chi connectivity index (χ2v) is 6.54. The molecule has 0 heterocycles. The van der Waals surface area contributed by atoms with Crippen LogP contribution in [0.4, 0.5) is 4.79 Å². The third kappa shape index (κ3) is 10.1. The van der Waals surface area contributed by atoms with Gasteiger partial charge in [-0.05, 0) is 51.8 Å². The summed E-state index contributed by atoms with van der Waals surface area (Å²) in [7, 11) is 0. The Kier molecular flexibility index (Phi) is 8.60. The summed E-state index contributed by atoms with van der Waals surface area (Å²) in [6.45, 7) is 9.79. The molecular weight excluding hydrogens is 320 g/mol. The fraction of sp³-hybridized carbons (Fsp3) is 0.556. The van der Waals surface area contributed by atoms with Crippen molar-refractivity contribution in [1.82, 2.24) is 16.0 Å². The average Bonchev–Trinajstić information content (AvgIpc) is 2.50. The number of nitrogens with zero attached hydrogens (tertiary/aromatic N) is 1. The zero-order chi connectivity index (χ0) is 18.7. The molecule has 0 aliphatic carbocycles. The summed E-state index contributed by atoms with van der Waals surface area (Å²) in [6, 6.07) is 7.16. The standard InChI is InChI=1S/C18H30N4O3/c1-5-19-16(20-10-9-14-7-6-8-15(23)13-14)21-11-12-22-17(24)25-18(2,3)4/h6-8,13,23H,5,9-12H2,1-4H3,(H,22,24)(H2,19,20,21). The number of nitrogens with one attached hydrogen (secondary N) is 3. The van der Waals surface area contributed by atoms with Gasteiger partial charge in [0.25, 0.3) is 0 Å². The molecule has 7 heteroatoms. The number of ether oxygens (including phenoxy) is 1. The highest BCUT2D eigenvalue weighted by atomic mass is 16.6. The number of phenolic OH excluding ortho intramolecular Hbond substituents is 1. The maximum Gasteiger partial charge on any atom is 0.407 e. The van der Waals surface area contributed by atoms with Gasteiger partial charge in [0.15, 0.2) is 5.96 Å². The van der Waals surface area contributed by atoms with Crippen LogP contribution in [0, 0.1) is 0 Å². The van der Waals surface area contributed by atoms with Crippen LogP contribution in [0.1, 0.15) is 33.3 Å². The molecule has 0 radical (unpaired) electrons. The number of guanidine groups is 1. The molecule has 1 amide bonds. The van der Waals surface area contributed by atoms with Crippen molar-refractivity contribution in [3.63, 3.8) is 0 Å². The lowest BCUT2D eigenvalue weighted by molar-refractivity contribution is 0.0529. The van der Waals surface area contributed by atoms with Gasteiger partial charge in [-0.2, -0.15) is 0 Å². The van der Waals surface area contributed by atoms with Crippen LogP contribution in [0.25, 0.3) is 0 Å². The van der Waals surface area contributed by atoms with Crippen LogP contribution in [0.3, 0.4) is 0 Å². The van der Waals surface area contributed by atoms with Crippen molar-refractivity contribution in [3.05, 3.63) is 29.8 Å². The number of benzene rings is 1. The molecule has 0 saturated carbocycles. The van der Waals surface area contributed by atoms with E-state index in [1.54, 1.807) is 12.1 Å². The normalized spacial score (nSPS) is 11.8. The van der Waals surface area contributed by atoms with Gasteiger partial charge in [-0.25, -0.2) is 4.79 Å². The van der Waals surface area contributed by atoms with Gasteiger partial charge >= 0.3 is 6.09 Å². The van der Waals surface area contributed by atoms with Crippen molar-refractivity contribution < 1.29 is 14.6 Å². The third-order valence-electron chi connectivity index (χ3n) is 3.01. The lowest BCUT2D eigenvalue weighted by Gasteiger charge is -2.19. The first-order valence-electron chi connectivity index (χ1n) is 8.57. The number of aliphatic imine (C=N–C) groups is 1. The van der Waals surface area contributed by atoms with Crippen molar-refractivity contribution in [2.24, 2.45) is 4.99 Å². The molecule has 0 saturated heterocycles. The first-order chi connectivity index (χ1) is 11.8. The van der Waals surface area contributed by atoms with E-state index < -0.39 is 11.7 Å². The maximum absolute atomic E-state index is 11.6. The molecule has 0 atom stereocenters. The fourth-order valence-corrected chi connectivity index (χ4v) is 2.01. The van der Waals surface area contributed by atoms with E-state index >= 15 is 0 Å². The minimum atomic E-state index is -0.500. The van der Waals surface area contributed by atoms with E-state index in [4.69, 9.17) is 4.74 Å². The zero-order valence-corrected chi connectivity index (χ0v) is 15.6. The van der Waals surface area contributed by atoms with E-state index in [1.165, 1.54) is 0 Å². The van der Waals surface area contributed by atoms with Crippen LogP contribution in [0.2, 0.25) is 0 Å². The Hall–Kier alpha value is -2.44. The molecule has 1 aromatic carbocycles. The Morgan fingerprint density at radius 3 is 2.56 bits per heavy atom. The minimum Gasteiger partial charge on any atom is -0.508 e. The highest BCUT2D eigenvalue weighted by molar-refractivity contribution is 5.79. The maximum atomic E-state index is 11.6. The van der Waals surface area contributed by atoms with Crippen molar-refractivity contribution in [1.29, 1.82) is 0 Å². The summed E-state index contributed by atoms with van der Waals surface area (Å²) in [5.74, 6) is 0.952. The lowest BCUT2D eigenvalue weighted by atomic mass is 10.1. The van der Waals surface area contributed by atoms with Crippen LogP contribution in [0.5, 0.6) is 5.75 Å². The van der Waals surface area contributed by atoms with E-state index in [0.29, 0.717) is 25.6 Å². The smallest absolute Gasteiger partial charge is 0.407 e. The molecular formula is C18H30N4O3. The number of carbonyl (C=O) groups is 1. The molecule has 0 bridgehead atoms. The number of phenols is 1. The highest BCUT2D eigenvalue weighted by Crippen LogP contribution is 2.11. The van der Waals surface area contributed by atoms with E-state index in [0.717, 1.165) is 18.5 Å². The summed E-state index contributed by atoms with van der Waals surface area (Å²) in [6.07, 6.45) is 0.307. The predicted octanol–water partition coefficient (Wildman–Crippen LogP) is 2.01. The Balaban J connectivity index is 2.34. The monoisotopic (exact) mass is 350 g/mol. The number of alkyl carbamates (subject to hydrolysis) is 1. The molecule has 4 N–H and O–H groups in total. The van der Waals surface area contributed by atoms with Crippen molar-refractivity contribution >= 4 is 12.1 Å². The first kappa shape index (κ1) is 20.6.